The molecule has 2 aromatic rings. The quantitative estimate of drug-likeness (QED) is 0.791. The molecule has 2 heterocycles. The van der Waals surface area contributed by atoms with Gasteiger partial charge in [0.05, 0.1) is 6.20 Å². The molecule has 0 aromatic carbocycles. The monoisotopic (exact) mass is 213 g/mol. The van der Waals surface area contributed by atoms with Crippen molar-refractivity contribution in [3.05, 3.63) is 17.3 Å². The Balaban J connectivity index is 2.08. The molecule has 0 unspecified atom stereocenters. The summed E-state index contributed by atoms with van der Waals surface area (Å²) in [5, 5.41) is 11.9. The first-order chi connectivity index (χ1) is 6.36. The minimum atomic E-state index is -0.292. The van der Waals surface area contributed by atoms with Crippen LogP contribution in [-0.2, 0) is 0 Å². The molecule has 0 saturated heterocycles. The highest BCUT2D eigenvalue weighted by Crippen LogP contribution is 2.10. The Hall–Kier alpha value is -1.41. The van der Waals surface area contributed by atoms with Crippen LogP contribution >= 0.6 is 23.1 Å². The van der Waals surface area contributed by atoms with Crippen molar-refractivity contribution >= 4 is 34.0 Å². The summed E-state index contributed by atoms with van der Waals surface area (Å²) in [6.45, 7) is 0. The van der Waals surface area contributed by atoms with E-state index < -0.39 is 0 Å². The summed E-state index contributed by atoms with van der Waals surface area (Å²) in [5.41, 5.74) is 0.304. The number of amides is 1. The van der Waals surface area contributed by atoms with Crippen LogP contribution in [0.2, 0.25) is 0 Å². The summed E-state index contributed by atoms with van der Waals surface area (Å²) < 4.78 is 7.18. The number of hydrogen-bond acceptors (Lipinski definition) is 7. The van der Waals surface area contributed by atoms with E-state index in [0.29, 0.717) is 10.7 Å². The topological polar surface area (TPSA) is 80.7 Å². The van der Waals surface area contributed by atoms with Crippen LogP contribution in [0.25, 0.3) is 0 Å². The van der Waals surface area contributed by atoms with Gasteiger partial charge in [-0.1, -0.05) is 8.98 Å². The number of hydrogen-bond donors (Lipinski definition) is 1. The molecule has 1 amide bonds. The second-order valence-corrected chi connectivity index (χ2v) is 3.42. The molecule has 2 aromatic heterocycles. The molecule has 2 rings (SSSR count). The Morgan fingerprint density at radius 1 is 1.46 bits per heavy atom. The van der Waals surface area contributed by atoms with Gasteiger partial charge in [0.1, 0.15) is 5.00 Å². The van der Waals surface area contributed by atoms with Gasteiger partial charge in [0.15, 0.2) is 5.69 Å². The fourth-order valence-corrected chi connectivity index (χ4v) is 1.51. The molecule has 66 valence electrons. The molecular formula is C5H3N5OS2. The highest BCUT2D eigenvalue weighted by molar-refractivity contribution is 7.10. The van der Waals surface area contributed by atoms with E-state index >= 15 is 0 Å². The summed E-state index contributed by atoms with van der Waals surface area (Å²) in [4.78, 5) is 11.3. The van der Waals surface area contributed by atoms with Crippen molar-refractivity contribution in [2.75, 3.05) is 5.32 Å². The Labute approximate surface area is 80.9 Å². The van der Waals surface area contributed by atoms with Crippen LogP contribution in [0.3, 0.4) is 0 Å². The smallest absolute Gasteiger partial charge is 0.277 e. The lowest BCUT2D eigenvalue weighted by molar-refractivity contribution is 0.102. The molecule has 0 aliphatic carbocycles. The summed E-state index contributed by atoms with van der Waals surface area (Å²) in [5.74, 6) is -0.292. The van der Waals surface area contributed by atoms with Crippen LogP contribution in [0, 0.1) is 0 Å². The standard InChI is InChI=1S/C5H3N5OS2/c11-5(3-2-12-10-8-3)7-4-1-6-9-13-4/h1-2H,(H,7,11). The van der Waals surface area contributed by atoms with Crippen molar-refractivity contribution in [3.8, 4) is 0 Å². The van der Waals surface area contributed by atoms with Crippen LogP contribution in [0.5, 0.6) is 0 Å². The van der Waals surface area contributed by atoms with Gasteiger partial charge in [-0.25, -0.2) is 0 Å². The SMILES string of the molecule is O=C(Nc1cnns1)c1csnn1. The first-order valence-corrected chi connectivity index (χ1v) is 4.83. The predicted octanol–water partition coefficient (Wildman–Crippen LogP) is 0.642. The van der Waals surface area contributed by atoms with Crippen LogP contribution < -0.4 is 5.32 Å². The first-order valence-electron chi connectivity index (χ1n) is 3.22. The van der Waals surface area contributed by atoms with E-state index in [2.05, 4.69) is 24.5 Å². The number of rotatable bonds is 2. The normalized spacial score (nSPS) is 9.85. The highest BCUT2D eigenvalue weighted by Gasteiger charge is 2.09. The fraction of sp³-hybridized carbons (Fsp3) is 0. The van der Waals surface area contributed by atoms with Gasteiger partial charge in [0.2, 0.25) is 0 Å². The third-order valence-electron chi connectivity index (χ3n) is 1.19. The predicted molar refractivity (Wildman–Crippen MR) is 47.8 cm³/mol. The van der Waals surface area contributed by atoms with Crippen LogP contribution in [0.15, 0.2) is 11.6 Å². The number of aromatic nitrogens is 4. The Bertz CT molecular complexity index is 383. The largest absolute Gasteiger partial charge is 0.310 e. The molecule has 0 saturated carbocycles. The average molecular weight is 213 g/mol. The molecule has 0 aliphatic heterocycles. The minimum Gasteiger partial charge on any atom is -0.310 e. The molecule has 0 bridgehead atoms. The van der Waals surface area contributed by atoms with Gasteiger partial charge in [-0.15, -0.1) is 10.2 Å². The molecule has 0 fully saturated rings. The summed E-state index contributed by atoms with van der Waals surface area (Å²) >= 11 is 2.24. The molecule has 0 atom stereocenters. The van der Waals surface area contributed by atoms with Gasteiger partial charge in [-0.3, -0.25) is 4.79 Å². The average Bonchev–Trinajstić information content (AvgIpc) is 2.74. The van der Waals surface area contributed by atoms with E-state index in [1.165, 1.54) is 6.20 Å². The van der Waals surface area contributed by atoms with Gasteiger partial charge in [0.25, 0.3) is 5.91 Å². The number of nitrogens with one attached hydrogen (secondary N) is 1. The second kappa shape index (κ2) is 3.54. The van der Waals surface area contributed by atoms with Crippen LogP contribution in [0.1, 0.15) is 10.5 Å². The maximum atomic E-state index is 11.3. The fourth-order valence-electron chi connectivity index (χ4n) is 0.662. The Morgan fingerprint density at radius 3 is 3.00 bits per heavy atom. The molecule has 8 heteroatoms. The highest BCUT2D eigenvalue weighted by atomic mass is 32.1. The van der Waals surface area contributed by atoms with Gasteiger partial charge < -0.3 is 5.32 Å². The van der Waals surface area contributed by atoms with Crippen molar-refractivity contribution in [1.29, 1.82) is 0 Å². The lowest BCUT2D eigenvalue weighted by Gasteiger charge is -1.94. The third kappa shape index (κ3) is 1.84. The number of carbonyl (C=O) groups is 1. The number of nitrogens with zero attached hydrogens (tertiary/aromatic N) is 4. The molecule has 0 radical (unpaired) electrons. The van der Waals surface area contributed by atoms with Gasteiger partial charge in [-0.2, -0.15) is 0 Å². The lowest BCUT2D eigenvalue weighted by Crippen LogP contribution is -2.11. The first kappa shape index (κ1) is 8.20. The molecule has 13 heavy (non-hydrogen) atoms. The van der Waals surface area contributed by atoms with E-state index in [4.69, 9.17) is 0 Å². The van der Waals surface area contributed by atoms with Gasteiger partial charge >= 0.3 is 0 Å². The maximum Gasteiger partial charge on any atom is 0.277 e. The Morgan fingerprint density at radius 2 is 2.38 bits per heavy atom. The zero-order chi connectivity index (χ0) is 9.10. The van der Waals surface area contributed by atoms with E-state index in [9.17, 15) is 4.79 Å². The van der Waals surface area contributed by atoms with Crippen molar-refractivity contribution in [3.63, 3.8) is 0 Å². The summed E-state index contributed by atoms with van der Waals surface area (Å²) in [6.07, 6.45) is 1.47. The molecule has 1 N–H and O–H groups in total. The number of carbonyl (C=O) groups excluding carboxylic acids is 1. The van der Waals surface area contributed by atoms with E-state index in [0.717, 1.165) is 23.1 Å². The van der Waals surface area contributed by atoms with Crippen molar-refractivity contribution in [2.24, 2.45) is 0 Å². The zero-order valence-corrected chi connectivity index (χ0v) is 7.80. The van der Waals surface area contributed by atoms with E-state index in [1.54, 1.807) is 5.38 Å². The minimum absolute atomic E-state index is 0.292. The summed E-state index contributed by atoms with van der Waals surface area (Å²) in [7, 11) is 0. The van der Waals surface area contributed by atoms with Crippen LogP contribution in [-0.4, -0.2) is 25.1 Å². The lowest BCUT2D eigenvalue weighted by atomic mass is 10.5. The van der Waals surface area contributed by atoms with E-state index in [1.807, 2.05) is 0 Å². The third-order valence-corrected chi connectivity index (χ3v) is 2.28. The van der Waals surface area contributed by atoms with Crippen LogP contribution in [0.4, 0.5) is 5.00 Å². The second-order valence-electron chi connectivity index (χ2n) is 2.03. The van der Waals surface area contributed by atoms with Crippen molar-refractivity contribution in [1.82, 2.24) is 19.2 Å². The van der Waals surface area contributed by atoms with Crippen molar-refractivity contribution < 1.29 is 4.79 Å². The van der Waals surface area contributed by atoms with Gasteiger partial charge in [0, 0.05) is 16.9 Å². The summed E-state index contributed by atoms with van der Waals surface area (Å²) in [6, 6.07) is 0. The molecule has 6 nitrogen and oxygen atoms in total. The Kier molecular flexibility index (Phi) is 2.23. The van der Waals surface area contributed by atoms with E-state index in [-0.39, 0.29) is 5.91 Å². The van der Waals surface area contributed by atoms with Gasteiger partial charge in [-0.05, 0) is 11.5 Å². The molecular weight excluding hydrogens is 210 g/mol. The number of anilines is 1. The maximum absolute atomic E-state index is 11.3. The zero-order valence-electron chi connectivity index (χ0n) is 6.17. The molecule has 0 aliphatic rings. The van der Waals surface area contributed by atoms with Crippen molar-refractivity contribution in [2.45, 2.75) is 0 Å². The molecule has 0 spiro atoms.